The number of quaternary nitrogens is 2. The van der Waals surface area contributed by atoms with Crippen molar-refractivity contribution >= 4 is 5.69 Å². The summed E-state index contributed by atoms with van der Waals surface area (Å²) in [4.78, 5) is 3.96. The Balaban J connectivity index is 1.67. The molecule has 0 spiro atoms. The lowest BCUT2D eigenvalue weighted by Crippen LogP contribution is -3.16. The lowest BCUT2D eigenvalue weighted by molar-refractivity contribution is -0.939. The zero-order valence-corrected chi connectivity index (χ0v) is 13.1. The second-order valence-electron chi connectivity index (χ2n) is 5.67. The first-order chi connectivity index (χ1) is 10.8. The molecule has 22 heavy (non-hydrogen) atoms. The summed E-state index contributed by atoms with van der Waals surface area (Å²) in [6, 6.07) is 12.6. The van der Waals surface area contributed by atoms with E-state index in [-0.39, 0.29) is 0 Å². The highest BCUT2D eigenvalue weighted by Crippen LogP contribution is 2.27. The Morgan fingerprint density at radius 3 is 2.64 bits per heavy atom. The van der Waals surface area contributed by atoms with Gasteiger partial charge >= 0.3 is 0 Å². The Morgan fingerprint density at radius 1 is 1.23 bits per heavy atom. The number of benzene rings is 1. The van der Waals surface area contributed by atoms with E-state index < -0.39 is 0 Å². The van der Waals surface area contributed by atoms with Crippen LogP contribution in [0.2, 0.25) is 0 Å². The van der Waals surface area contributed by atoms with E-state index in [1.165, 1.54) is 5.69 Å². The number of piperazine rings is 1. The molecule has 1 fully saturated rings. The lowest BCUT2D eigenvalue weighted by Gasteiger charge is -2.36. The minimum absolute atomic E-state index is 0.356. The number of anilines is 1. The minimum atomic E-state index is 0.356. The maximum absolute atomic E-state index is 5.59. The third kappa shape index (κ3) is 2.96. The number of methoxy groups -OCH3 is 1. The molecule has 1 aromatic carbocycles. The molecule has 1 aromatic heterocycles. The largest absolute Gasteiger partial charge is 0.495 e. The fourth-order valence-electron chi connectivity index (χ4n) is 3.31. The van der Waals surface area contributed by atoms with E-state index in [2.05, 4.69) is 28.8 Å². The van der Waals surface area contributed by atoms with Crippen LogP contribution in [-0.2, 0) is 0 Å². The molecule has 4 N–H and O–H groups in total. The van der Waals surface area contributed by atoms with E-state index in [0.29, 0.717) is 6.04 Å². The van der Waals surface area contributed by atoms with Crippen molar-refractivity contribution in [2.45, 2.75) is 6.04 Å². The van der Waals surface area contributed by atoms with Crippen LogP contribution >= 0.6 is 0 Å². The number of nitrogens with one attached hydrogen (secondary N) is 1. The average Bonchev–Trinajstić information content (AvgIpc) is 3.10. The van der Waals surface area contributed by atoms with Gasteiger partial charge in [0.15, 0.2) is 11.8 Å². The monoisotopic (exact) mass is 303 g/mol. The van der Waals surface area contributed by atoms with Crippen molar-refractivity contribution in [1.29, 1.82) is 0 Å². The number of ether oxygens (including phenoxy) is 1. The Morgan fingerprint density at radius 2 is 2.00 bits per heavy atom. The van der Waals surface area contributed by atoms with Crippen LogP contribution in [0.5, 0.6) is 5.75 Å². The average molecular weight is 303 g/mol. The number of para-hydroxylation sites is 2. The van der Waals surface area contributed by atoms with Gasteiger partial charge in [0, 0.05) is 0 Å². The van der Waals surface area contributed by atoms with Gasteiger partial charge in [0.05, 0.1) is 45.2 Å². The molecule has 2 heterocycles. The quantitative estimate of drug-likeness (QED) is 0.816. The Labute approximate surface area is 131 Å². The molecule has 1 saturated heterocycles. The third-order valence-corrected chi connectivity index (χ3v) is 4.50. The number of nitrogens with zero attached hydrogens (tertiary/aromatic N) is 1. The van der Waals surface area contributed by atoms with E-state index in [9.17, 15) is 0 Å². The summed E-state index contributed by atoms with van der Waals surface area (Å²) in [5.41, 5.74) is 5.30. The van der Waals surface area contributed by atoms with Crippen LogP contribution in [-0.4, -0.2) is 39.8 Å². The number of furan rings is 1. The van der Waals surface area contributed by atoms with Gasteiger partial charge in [0.2, 0.25) is 0 Å². The van der Waals surface area contributed by atoms with Crippen molar-refractivity contribution in [2.75, 3.05) is 44.7 Å². The first-order valence-corrected chi connectivity index (χ1v) is 7.88. The van der Waals surface area contributed by atoms with Crippen LogP contribution in [0.3, 0.4) is 0 Å². The summed E-state index contributed by atoms with van der Waals surface area (Å²) in [7, 11) is 1.73. The smallest absolute Gasteiger partial charge is 0.195 e. The number of hydrogen-bond donors (Lipinski definition) is 2. The maximum atomic E-state index is 5.59. The van der Waals surface area contributed by atoms with Gasteiger partial charge in [-0.2, -0.15) is 0 Å². The Hall–Kier alpha value is -1.98. The molecule has 0 bridgehead atoms. The lowest BCUT2D eigenvalue weighted by atomic mass is 10.1. The Kier molecular flexibility index (Phi) is 4.65. The Bertz CT molecular complexity index is 577. The van der Waals surface area contributed by atoms with Crippen LogP contribution in [0.15, 0.2) is 47.1 Å². The van der Waals surface area contributed by atoms with Crippen molar-refractivity contribution in [3.8, 4) is 5.75 Å². The predicted molar refractivity (Wildman–Crippen MR) is 85.1 cm³/mol. The molecule has 1 atom stereocenters. The summed E-state index contributed by atoms with van der Waals surface area (Å²) in [5, 5.41) is 0. The van der Waals surface area contributed by atoms with Crippen LogP contribution in [0.1, 0.15) is 11.8 Å². The van der Waals surface area contributed by atoms with Crippen LogP contribution in [0, 0.1) is 0 Å². The summed E-state index contributed by atoms with van der Waals surface area (Å²) in [6.07, 6.45) is 1.75. The minimum Gasteiger partial charge on any atom is -0.495 e. The van der Waals surface area contributed by atoms with Gasteiger partial charge in [-0.05, 0) is 24.3 Å². The summed E-state index contributed by atoms with van der Waals surface area (Å²) >= 11 is 0. The molecule has 5 heteroatoms. The van der Waals surface area contributed by atoms with E-state index in [0.717, 1.165) is 44.2 Å². The molecule has 3 rings (SSSR count). The fraction of sp³-hybridized carbons (Fsp3) is 0.412. The van der Waals surface area contributed by atoms with Crippen molar-refractivity contribution in [3.63, 3.8) is 0 Å². The van der Waals surface area contributed by atoms with Crippen LogP contribution in [0.4, 0.5) is 5.69 Å². The molecule has 0 unspecified atom stereocenters. The second kappa shape index (κ2) is 6.85. The fourth-order valence-corrected chi connectivity index (χ4v) is 3.31. The van der Waals surface area contributed by atoms with Gasteiger partial charge in [-0.3, -0.25) is 0 Å². The van der Waals surface area contributed by atoms with E-state index in [1.807, 2.05) is 18.2 Å². The molecule has 1 aliphatic heterocycles. The highest BCUT2D eigenvalue weighted by Gasteiger charge is 2.31. The number of rotatable bonds is 5. The van der Waals surface area contributed by atoms with Crippen molar-refractivity contribution in [3.05, 3.63) is 48.4 Å². The molecule has 1 aliphatic rings. The van der Waals surface area contributed by atoms with Crippen molar-refractivity contribution in [2.24, 2.45) is 0 Å². The molecule has 0 aliphatic carbocycles. The van der Waals surface area contributed by atoms with Gasteiger partial charge in [-0.1, -0.05) is 12.1 Å². The van der Waals surface area contributed by atoms with Gasteiger partial charge < -0.3 is 24.7 Å². The van der Waals surface area contributed by atoms with Gasteiger partial charge in [0.1, 0.15) is 12.3 Å². The van der Waals surface area contributed by atoms with Crippen LogP contribution in [0.25, 0.3) is 0 Å². The normalized spacial score (nSPS) is 17.5. The zero-order valence-electron chi connectivity index (χ0n) is 13.1. The molecule has 118 valence electrons. The topological polar surface area (TPSA) is 57.7 Å². The summed E-state index contributed by atoms with van der Waals surface area (Å²) in [6.45, 7) is 5.06. The predicted octanol–water partition coefficient (Wildman–Crippen LogP) is -0.0237. The molecular formula is C17H25N3O2+2. The maximum Gasteiger partial charge on any atom is 0.195 e. The van der Waals surface area contributed by atoms with E-state index in [4.69, 9.17) is 9.15 Å². The van der Waals surface area contributed by atoms with Gasteiger partial charge in [-0.25, -0.2) is 0 Å². The molecule has 0 amide bonds. The summed E-state index contributed by atoms with van der Waals surface area (Å²) in [5.74, 6) is 2.00. The highest BCUT2D eigenvalue weighted by atomic mass is 16.5. The molecule has 5 nitrogen and oxygen atoms in total. The van der Waals surface area contributed by atoms with Gasteiger partial charge in [-0.15, -0.1) is 0 Å². The van der Waals surface area contributed by atoms with Crippen molar-refractivity contribution < 1.29 is 19.8 Å². The molecule has 0 saturated carbocycles. The first kappa shape index (κ1) is 14.9. The van der Waals surface area contributed by atoms with Gasteiger partial charge in [0.25, 0.3) is 0 Å². The zero-order chi connectivity index (χ0) is 15.4. The molecule has 2 aromatic rings. The van der Waals surface area contributed by atoms with E-state index in [1.54, 1.807) is 18.3 Å². The highest BCUT2D eigenvalue weighted by molar-refractivity contribution is 5.58. The summed E-state index contributed by atoms with van der Waals surface area (Å²) < 4.78 is 11.1. The van der Waals surface area contributed by atoms with Crippen molar-refractivity contribution in [1.82, 2.24) is 0 Å². The van der Waals surface area contributed by atoms with E-state index >= 15 is 0 Å². The molecular weight excluding hydrogens is 278 g/mol. The first-order valence-electron chi connectivity index (χ1n) is 7.88. The SMILES string of the molecule is COc1ccccc1N1CC[NH+]([C@@H](C[NH3+])c2ccco2)CC1. The number of hydrogen-bond acceptors (Lipinski definition) is 3. The third-order valence-electron chi connectivity index (χ3n) is 4.50. The second-order valence-corrected chi connectivity index (χ2v) is 5.67. The van der Waals surface area contributed by atoms with Crippen LogP contribution < -0.4 is 20.3 Å². The molecule has 0 radical (unpaired) electrons. The standard InChI is InChI=1S/C17H23N3O2/c1-21-16-6-3-2-5-14(16)19-8-10-20(11-9-19)15(13-18)17-7-4-12-22-17/h2-7,12,15H,8-11,13,18H2,1H3/p+2/t15-/m0/s1.